The van der Waals surface area contributed by atoms with Gasteiger partial charge >= 0.3 is 0 Å². The van der Waals surface area contributed by atoms with Crippen molar-refractivity contribution in [3.05, 3.63) is 29.8 Å². The fraction of sp³-hybridized carbons (Fsp3) is 0.638. The predicted molar refractivity (Wildman–Crippen MR) is 273 cm³/mol. The smallest absolute Gasteiger partial charge is 0.247 e. The number of primary amides is 3. The van der Waals surface area contributed by atoms with Gasteiger partial charge in [-0.3, -0.25) is 52.7 Å². The highest BCUT2D eigenvalue weighted by Gasteiger charge is 2.47. The second-order valence-corrected chi connectivity index (χ2v) is 23.4. The number of phenolic OH excluding ortho intramolecular Hbond substituents is 1. The minimum atomic E-state index is -1.79. The summed E-state index contributed by atoms with van der Waals surface area (Å²) in [6, 6.07) is -5.43. The van der Waals surface area contributed by atoms with Gasteiger partial charge in [0.25, 0.3) is 0 Å². The van der Waals surface area contributed by atoms with E-state index in [1.54, 1.807) is 53.7 Å². The molecule has 0 unspecified atom stereocenters. The number of benzene rings is 1. The van der Waals surface area contributed by atoms with Crippen LogP contribution in [0.2, 0.25) is 0 Å². The Hall–Kier alpha value is -6.15. The van der Waals surface area contributed by atoms with Crippen LogP contribution in [0.1, 0.15) is 106 Å². The highest BCUT2D eigenvalue weighted by Crippen LogP contribution is 2.47. The van der Waals surface area contributed by atoms with Gasteiger partial charge in [0.05, 0.1) is 19.0 Å². The number of rotatable bonds is 17. The van der Waals surface area contributed by atoms with Crippen molar-refractivity contribution in [2.75, 3.05) is 13.1 Å². The molecule has 0 saturated carbocycles. The SMILES string of the molecule is CC[C@H](C)[C@@H]1NC(=O)[C@H](Cc2ccc(O)cc2)NC(=O)[C@H](N)C(C)(C)SSC(C)(C)[C@@H](C(=O)N2CCC[C@H]2C(=O)N[C@@H](CC(C)C)C(=O)NCC(N)=O)NC(=O)[C@H](CC(N)=O)NC(=O)[C@H](CCC(N)=O)NC1=O. The molecule has 2 fully saturated rings. The first kappa shape index (κ1) is 61.2. The highest BCUT2D eigenvalue weighted by atomic mass is 33.1. The molecule has 3 rings (SSSR count). The number of likely N-dealkylation sites (tertiary alicyclic amines) is 1. The van der Waals surface area contributed by atoms with Crippen LogP contribution in [0.5, 0.6) is 5.75 Å². The third-order valence-corrected chi connectivity index (χ3v) is 16.8. The molecule has 73 heavy (non-hydrogen) atoms. The molecule has 16 N–H and O–H groups in total. The molecule has 9 atom stereocenters. The topological polar surface area (TPSA) is 400 Å². The van der Waals surface area contributed by atoms with Crippen LogP contribution < -0.4 is 60.2 Å². The summed E-state index contributed by atoms with van der Waals surface area (Å²) in [7, 11) is 2.11. The summed E-state index contributed by atoms with van der Waals surface area (Å²) < 4.78 is -2.60. The van der Waals surface area contributed by atoms with Crippen molar-refractivity contribution < 1.29 is 57.8 Å². The Labute approximate surface area is 433 Å². The van der Waals surface area contributed by atoms with Crippen molar-refractivity contribution in [3.8, 4) is 5.75 Å². The maximum Gasteiger partial charge on any atom is 0.247 e. The first-order valence-electron chi connectivity index (χ1n) is 24.1. The lowest BCUT2D eigenvalue weighted by molar-refractivity contribution is -0.143. The third kappa shape index (κ3) is 18.4. The highest BCUT2D eigenvalue weighted by molar-refractivity contribution is 8.77. The Kier molecular flexibility index (Phi) is 22.8. The van der Waals surface area contributed by atoms with Crippen molar-refractivity contribution >= 4 is 86.6 Å². The van der Waals surface area contributed by atoms with E-state index in [2.05, 4.69) is 37.2 Å². The van der Waals surface area contributed by atoms with Crippen molar-refractivity contribution in [2.24, 2.45) is 34.8 Å². The zero-order valence-electron chi connectivity index (χ0n) is 42.7. The van der Waals surface area contributed by atoms with Gasteiger partial charge in [-0.2, -0.15) is 0 Å². The minimum absolute atomic E-state index is 0.0235. The summed E-state index contributed by atoms with van der Waals surface area (Å²) in [4.78, 5) is 151. The lowest BCUT2D eigenvalue weighted by atomic mass is 9.96. The monoisotopic (exact) mass is 1060 g/mol. The summed E-state index contributed by atoms with van der Waals surface area (Å²) in [5.74, 6) is -10.2. The van der Waals surface area contributed by atoms with Crippen LogP contribution in [0.4, 0.5) is 0 Å². The number of nitrogens with one attached hydrogen (secondary N) is 7. The van der Waals surface area contributed by atoms with Crippen LogP contribution in [-0.4, -0.2) is 146 Å². The number of phenols is 1. The maximum atomic E-state index is 15.1. The average molecular weight is 1060 g/mol. The Morgan fingerprint density at radius 3 is 1.92 bits per heavy atom. The summed E-state index contributed by atoms with van der Waals surface area (Å²) in [6.45, 7) is 13.1. The van der Waals surface area contributed by atoms with Gasteiger partial charge in [-0.25, -0.2) is 0 Å². The Morgan fingerprint density at radius 2 is 1.34 bits per heavy atom. The molecule has 406 valence electrons. The fourth-order valence-corrected chi connectivity index (χ4v) is 10.7. The standard InChI is InChI=1S/C47H74N12O12S2/c1-9-24(4)35-43(69)53-27(16-17-32(48)61)39(65)54-30(21-33(49)62)41(67)58-37(45(71)59-18-10-11-31(59)42(68)55-28(19-23(2)3)38(64)52-22-34(50)63)47(7,8)73-72-46(5,6)36(51)44(70)56-29(40(66)57-35)20-25-12-14-26(60)15-13-25/h12-15,23-24,27-31,35-37,60H,9-11,16-22,51H2,1-8H3,(H2,48,61)(H2,49,62)(H2,50,63)(H,52,64)(H,53,69)(H,54,65)(H,55,68)(H,56,70)(H,57,66)(H,58,67)/t24-,27-,28-,29-,30-,31-,35-,36-,37+/m0/s1. The second kappa shape index (κ2) is 27.2. The van der Waals surface area contributed by atoms with E-state index in [1.165, 1.54) is 17.0 Å². The number of hydrogen-bond acceptors (Lipinski definition) is 15. The molecular formula is C47H74N12O12S2. The molecular weight excluding hydrogens is 989 g/mol. The molecule has 0 bridgehead atoms. The van der Waals surface area contributed by atoms with E-state index < -0.39 is 155 Å². The zero-order valence-corrected chi connectivity index (χ0v) is 44.3. The quantitative estimate of drug-likeness (QED) is 0.0748. The van der Waals surface area contributed by atoms with Crippen LogP contribution in [0.3, 0.4) is 0 Å². The lowest BCUT2D eigenvalue weighted by Gasteiger charge is -2.40. The lowest BCUT2D eigenvalue weighted by Crippen LogP contribution is -2.64. The van der Waals surface area contributed by atoms with E-state index >= 15 is 4.79 Å². The van der Waals surface area contributed by atoms with Gasteiger partial charge in [0, 0.05) is 28.9 Å². The van der Waals surface area contributed by atoms with Gasteiger partial charge in [-0.05, 0) is 82.9 Å². The minimum Gasteiger partial charge on any atom is -0.508 e. The normalized spacial score (nSPS) is 25.1. The van der Waals surface area contributed by atoms with Gasteiger partial charge in [0.2, 0.25) is 65.0 Å². The van der Waals surface area contributed by atoms with E-state index in [0.29, 0.717) is 18.4 Å². The number of carbonyl (C=O) groups excluding carboxylic acids is 11. The molecule has 0 aromatic heterocycles. The van der Waals surface area contributed by atoms with Crippen LogP contribution in [0, 0.1) is 11.8 Å². The van der Waals surface area contributed by atoms with Gasteiger partial charge in [-0.15, -0.1) is 0 Å². The number of nitrogens with zero attached hydrogens (tertiary/aromatic N) is 1. The van der Waals surface area contributed by atoms with Crippen LogP contribution in [0.15, 0.2) is 24.3 Å². The van der Waals surface area contributed by atoms with E-state index in [4.69, 9.17) is 22.9 Å². The summed E-state index contributed by atoms with van der Waals surface area (Å²) >= 11 is 0. The number of amides is 11. The largest absolute Gasteiger partial charge is 0.508 e. The molecule has 1 aromatic carbocycles. The van der Waals surface area contributed by atoms with E-state index in [1.807, 2.05) is 13.8 Å². The zero-order chi connectivity index (χ0) is 55.1. The molecule has 24 nitrogen and oxygen atoms in total. The first-order valence-corrected chi connectivity index (χ1v) is 26.3. The number of carbonyl (C=O) groups is 11. The predicted octanol–water partition coefficient (Wildman–Crippen LogP) is -2.05. The Bertz CT molecular complexity index is 2210. The number of nitrogens with two attached hydrogens (primary N) is 4. The van der Waals surface area contributed by atoms with Gasteiger partial charge in [0.15, 0.2) is 0 Å². The van der Waals surface area contributed by atoms with Crippen molar-refractivity contribution in [2.45, 2.75) is 165 Å². The maximum absolute atomic E-state index is 15.1. The Balaban J connectivity index is 2.20. The molecule has 26 heteroatoms. The third-order valence-electron chi connectivity index (χ3n) is 12.5. The molecule has 2 aliphatic rings. The molecule has 0 spiro atoms. The van der Waals surface area contributed by atoms with E-state index in [-0.39, 0.29) is 37.5 Å². The fourth-order valence-electron chi connectivity index (χ4n) is 7.94. The summed E-state index contributed by atoms with van der Waals surface area (Å²) in [5, 5.41) is 28.1. The number of hydrogen-bond donors (Lipinski definition) is 12. The first-order chi connectivity index (χ1) is 34.0. The van der Waals surface area contributed by atoms with Crippen LogP contribution >= 0.6 is 21.6 Å². The summed E-state index contributed by atoms with van der Waals surface area (Å²) in [5.41, 5.74) is 23.5. The average Bonchev–Trinajstić information content (AvgIpc) is 3.81. The Morgan fingerprint density at radius 1 is 0.767 bits per heavy atom. The van der Waals surface area contributed by atoms with Crippen molar-refractivity contribution in [1.82, 2.24) is 42.1 Å². The number of aromatic hydroxyl groups is 1. The molecule has 2 aliphatic heterocycles. The van der Waals surface area contributed by atoms with Crippen molar-refractivity contribution in [3.63, 3.8) is 0 Å². The van der Waals surface area contributed by atoms with E-state index in [9.17, 15) is 53.1 Å². The van der Waals surface area contributed by atoms with Gasteiger partial charge in [0.1, 0.15) is 48.0 Å². The molecule has 11 amide bonds. The van der Waals surface area contributed by atoms with Gasteiger partial charge in [-0.1, -0.05) is 67.8 Å². The summed E-state index contributed by atoms with van der Waals surface area (Å²) in [6.07, 6.45) is -0.816. The molecule has 1 aromatic rings. The molecule has 0 aliphatic carbocycles. The van der Waals surface area contributed by atoms with E-state index in [0.717, 1.165) is 21.6 Å². The van der Waals surface area contributed by atoms with Crippen LogP contribution in [0.25, 0.3) is 0 Å². The molecule has 2 heterocycles. The molecule has 0 radical (unpaired) electrons. The van der Waals surface area contributed by atoms with Crippen molar-refractivity contribution in [1.29, 1.82) is 0 Å². The van der Waals surface area contributed by atoms with Crippen LogP contribution in [-0.2, 0) is 59.2 Å². The molecule has 2 saturated heterocycles. The second-order valence-electron chi connectivity index (χ2n) is 20.0. The van der Waals surface area contributed by atoms with Gasteiger partial charge < -0.3 is 70.2 Å².